The molecule has 0 spiro atoms. The van der Waals surface area contributed by atoms with Gasteiger partial charge in [0.15, 0.2) is 17.5 Å². The molecule has 4 heterocycles. The molecule has 6 heteroatoms. The molecule has 0 saturated heterocycles. The van der Waals surface area contributed by atoms with Crippen molar-refractivity contribution in [2.24, 2.45) is 0 Å². The van der Waals surface area contributed by atoms with Gasteiger partial charge in [0.2, 0.25) is 0 Å². The molecule has 12 rings (SSSR count). The Kier molecular flexibility index (Phi) is 5.64. The van der Waals surface area contributed by atoms with Crippen LogP contribution in [0.4, 0.5) is 0 Å². The summed E-state index contributed by atoms with van der Waals surface area (Å²) in [6.45, 7) is 0. The Morgan fingerprint density at radius 2 is 0.982 bits per heavy atom. The number of nitrogens with zero attached hydrogens (tertiary/aromatic N) is 5. The van der Waals surface area contributed by atoms with Crippen LogP contribution in [0.1, 0.15) is 8.22 Å². The van der Waals surface area contributed by atoms with Crippen LogP contribution >= 0.6 is 0 Å². The molecule has 57 heavy (non-hydrogen) atoms. The summed E-state index contributed by atoms with van der Waals surface area (Å²) in [7, 11) is 0. The molecule has 266 valence electrons. The van der Waals surface area contributed by atoms with Gasteiger partial charge in [-0.25, -0.2) is 15.0 Å². The normalized spacial score (nSPS) is 13.3. The first-order valence-corrected chi connectivity index (χ1v) is 18.6. The second-order valence-corrected chi connectivity index (χ2v) is 13.9. The number of rotatable bonds is 5. The van der Waals surface area contributed by atoms with Gasteiger partial charge in [0.25, 0.3) is 0 Å². The number of aromatic nitrogens is 5. The Bertz CT molecular complexity index is 3810. The zero-order chi connectivity index (χ0) is 42.7. The lowest BCUT2D eigenvalue weighted by atomic mass is 10.1. The van der Waals surface area contributed by atoms with Crippen molar-refractivity contribution >= 4 is 65.6 Å². The van der Waals surface area contributed by atoms with E-state index in [1.807, 2.05) is 137 Å². The van der Waals surface area contributed by atoms with E-state index in [0.29, 0.717) is 83.6 Å². The van der Waals surface area contributed by atoms with Crippen molar-refractivity contribution in [2.75, 3.05) is 0 Å². The van der Waals surface area contributed by atoms with Gasteiger partial charge >= 0.3 is 0 Å². The van der Waals surface area contributed by atoms with Crippen LogP contribution in [0, 0.1) is 0 Å². The molecule has 0 fully saturated rings. The first-order valence-electron chi connectivity index (χ1n) is 21.6. The zero-order valence-corrected chi connectivity index (χ0v) is 30.1. The number of hydrogen-bond donors (Lipinski definition) is 0. The highest BCUT2D eigenvalue weighted by molar-refractivity contribution is 6.20. The van der Waals surface area contributed by atoms with E-state index in [-0.39, 0.29) is 36.3 Å². The third-order valence-electron chi connectivity index (χ3n) is 10.6. The van der Waals surface area contributed by atoms with Gasteiger partial charge in [-0.3, -0.25) is 0 Å². The van der Waals surface area contributed by atoms with E-state index >= 15 is 0 Å². The van der Waals surface area contributed by atoms with E-state index in [1.165, 1.54) is 12.1 Å². The smallest absolute Gasteiger partial charge is 0.164 e. The van der Waals surface area contributed by atoms with E-state index in [1.54, 1.807) is 12.1 Å². The monoisotopic (exact) mass is 735 g/mol. The molecule has 4 aromatic heterocycles. The SMILES string of the molecule is [2H]c1cc([2H])c2c(c1)c1c([2H])c3c(c([2H])c1n2-c1ccccc1)c1cc([2H])cc([2H])c1n3-c1cccc2oc3cc(-c4nc(-c5ccccc5)nc(-c5ccccc5)n4)ccc3c12. The first kappa shape index (κ1) is 26.1. The molecule has 8 aromatic carbocycles. The molecule has 0 aliphatic heterocycles. The Morgan fingerprint density at radius 1 is 0.421 bits per heavy atom. The standard InChI is InChI=1S/C51H31N5O/c1-4-15-32(16-5-1)49-52-50(33-17-6-2-7-18-33)54-51(53-49)34-27-28-38-47(29-34)57-46-26-14-25-43(48(38)46)56-42-24-13-11-22-37(42)40-30-44-39(31-45(40)56)36-21-10-12-23-41(36)55(44)35-19-8-3-9-20-35/h1-31H/i10D,11D,23D,24D,30D,31D. The van der Waals surface area contributed by atoms with Gasteiger partial charge in [-0.2, -0.15) is 0 Å². The Balaban J connectivity index is 1.15. The van der Waals surface area contributed by atoms with Crippen molar-refractivity contribution in [3.05, 3.63) is 188 Å². The first-order chi connectivity index (χ1) is 30.7. The summed E-state index contributed by atoms with van der Waals surface area (Å²) in [4.78, 5) is 14.7. The number of hydrogen-bond acceptors (Lipinski definition) is 4. The highest BCUT2D eigenvalue weighted by Gasteiger charge is 2.22. The predicted octanol–water partition coefficient (Wildman–Crippen LogP) is 13.0. The Hall–Kier alpha value is -7.83. The summed E-state index contributed by atoms with van der Waals surface area (Å²) in [5, 5.41) is 3.35. The van der Waals surface area contributed by atoms with E-state index in [0.717, 1.165) is 27.5 Å². The van der Waals surface area contributed by atoms with Crippen molar-refractivity contribution < 1.29 is 12.6 Å². The van der Waals surface area contributed by atoms with Crippen LogP contribution in [0.3, 0.4) is 0 Å². The van der Waals surface area contributed by atoms with Crippen LogP contribution in [0.25, 0.3) is 111 Å². The maximum Gasteiger partial charge on any atom is 0.164 e. The van der Waals surface area contributed by atoms with Crippen LogP contribution in [-0.2, 0) is 0 Å². The van der Waals surface area contributed by atoms with Crippen LogP contribution in [0.5, 0.6) is 0 Å². The molecular weight excluding hydrogens is 699 g/mol. The maximum atomic E-state index is 10.1. The van der Waals surface area contributed by atoms with Gasteiger partial charge in [0.1, 0.15) is 11.2 Å². The average Bonchev–Trinajstić information content (AvgIpc) is 3.98. The topological polar surface area (TPSA) is 61.7 Å². The fourth-order valence-corrected chi connectivity index (χ4v) is 8.09. The average molecular weight is 736 g/mol. The Labute approximate surface area is 335 Å². The summed E-state index contributed by atoms with van der Waals surface area (Å²) in [6.07, 6.45) is 0. The second-order valence-electron chi connectivity index (χ2n) is 13.9. The summed E-state index contributed by atoms with van der Waals surface area (Å²) < 4.78 is 66.2. The van der Waals surface area contributed by atoms with Crippen molar-refractivity contribution in [1.82, 2.24) is 24.1 Å². The molecule has 0 atom stereocenters. The fourth-order valence-electron chi connectivity index (χ4n) is 8.09. The lowest BCUT2D eigenvalue weighted by molar-refractivity contribution is 0.669. The van der Waals surface area contributed by atoms with Crippen molar-refractivity contribution in [2.45, 2.75) is 0 Å². The number of fused-ring (bicyclic) bond motifs is 9. The van der Waals surface area contributed by atoms with Crippen LogP contribution in [-0.4, -0.2) is 24.1 Å². The third kappa shape index (κ3) is 4.87. The fraction of sp³-hybridized carbons (Fsp3) is 0. The van der Waals surface area contributed by atoms with Crippen LogP contribution in [0.15, 0.2) is 192 Å². The van der Waals surface area contributed by atoms with E-state index in [9.17, 15) is 4.11 Å². The molecule has 0 saturated carbocycles. The largest absolute Gasteiger partial charge is 0.456 e. The lowest BCUT2D eigenvalue weighted by Gasteiger charge is -2.10. The Morgan fingerprint density at radius 3 is 1.61 bits per heavy atom. The number of para-hydroxylation sites is 3. The zero-order valence-electron chi connectivity index (χ0n) is 36.1. The van der Waals surface area contributed by atoms with Gasteiger partial charge in [0.05, 0.1) is 41.4 Å². The maximum absolute atomic E-state index is 10.1. The van der Waals surface area contributed by atoms with E-state index in [4.69, 9.17) is 23.5 Å². The quantitative estimate of drug-likeness (QED) is 0.177. The molecule has 0 aliphatic carbocycles. The van der Waals surface area contributed by atoms with E-state index < -0.39 is 0 Å². The molecule has 0 N–H and O–H groups in total. The van der Waals surface area contributed by atoms with Gasteiger partial charge < -0.3 is 13.6 Å². The molecule has 0 amide bonds. The third-order valence-corrected chi connectivity index (χ3v) is 10.6. The second kappa shape index (κ2) is 12.3. The summed E-state index contributed by atoms with van der Waals surface area (Å²) in [5.41, 5.74) is 6.65. The molecule has 0 bridgehead atoms. The number of furan rings is 1. The van der Waals surface area contributed by atoms with Crippen LogP contribution in [0.2, 0.25) is 0 Å². The minimum absolute atomic E-state index is 0.0697. The summed E-state index contributed by atoms with van der Waals surface area (Å²) in [6, 6.07) is 47.4. The lowest BCUT2D eigenvalue weighted by Crippen LogP contribution is -2.00. The molecule has 6 nitrogen and oxygen atoms in total. The molecule has 0 aliphatic rings. The van der Waals surface area contributed by atoms with E-state index in [2.05, 4.69) is 0 Å². The molecule has 0 radical (unpaired) electrons. The van der Waals surface area contributed by atoms with Crippen molar-refractivity contribution in [3.63, 3.8) is 0 Å². The van der Waals surface area contributed by atoms with Crippen molar-refractivity contribution in [3.8, 4) is 45.5 Å². The van der Waals surface area contributed by atoms with Crippen molar-refractivity contribution in [1.29, 1.82) is 0 Å². The minimum Gasteiger partial charge on any atom is -0.456 e. The molecule has 12 aromatic rings. The molecular formula is C51H31N5O. The van der Waals surface area contributed by atoms with Crippen LogP contribution < -0.4 is 0 Å². The summed E-state index contributed by atoms with van der Waals surface area (Å²) >= 11 is 0. The molecule has 0 unspecified atom stereocenters. The van der Waals surface area contributed by atoms with Gasteiger partial charge in [-0.05, 0) is 60.6 Å². The van der Waals surface area contributed by atoms with Gasteiger partial charge in [-0.1, -0.05) is 127 Å². The minimum atomic E-state index is 0.0697. The highest BCUT2D eigenvalue weighted by Crippen LogP contribution is 2.42. The predicted molar refractivity (Wildman–Crippen MR) is 232 cm³/mol. The highest BCUT2D eigenvalue weighted by atomic mass is 16.3. The van der Waals surface area contributed by atoms with Gasteiger partial charge in [-0.15, -0.1) is 0 Å². The number of benzene rings is 8. The van der Waals surface area contributed by atoms with Gasteiger partial charge in [0, 0.05) is 49.3 Å². The summed E-state index contributed by atoms with van der Waals surface area (Å²) in [5.74, 6) is 1.56.